The number of nitrogens with one attached hydrogen (secondary N) is 1. The van der Waals surface area contributed by atoms with Gasteiger partial charge in [-0.05, 0) is 42.9 Å². The predicted molar refractivity (Wildman–Crippen MR) is 101 cm³/mol. The van der Waals surface area contributed by atoms with Gasteiger partial charge in [-0.25, -0.2) is 0 Å². The van der Waals surface area contributed by atoms with Crippen LogP contribution in [0.1, 0.15) is 45.7 Å². The van der Waals surface area contributed by atoms with E-state index in [0.717, 1.165) is 11.3 Å². The van der Waals surface area contributed by atoms with Crippen LogP contribution < -0.4 is 10.1 Å². The van der Waals surface area contributed by atoms with Crippen LogP contribution in [0.15, 0.2) is 35.9 Å². The summed E-state index contributed by atoms with van der Waals surface area (Å²) in [6, 6.07) is 6.93. The Labute approximate surface area is 155 Å². The van der Waals surface area contributed by atoms with E-state index in [9.17, 15) is 9.59 Å². The molecule has 26 heavy (non-hydrogen) atoms. The van der Waals surface area contributed by atoms with Crippen LogP contribution in [-0.2, 0) is 14.3 Å². The van der Waals surface area contributed by atoms with Gasteiger partial charge in [0.15, 0.2) is 0 Å². The second-order valence-corrected chi connectivity index (χ2v) is 7.68. The molecule has 2 rings (SSSR count). The zero-order valence-corrected chi connectivity index (χ0v) is 16.5. The lowest BCUT2D eigenvalue weighted by Crippen LogP contribution is -2.32. The first-order valence-electron chi connectivity index (χ1n) is 8.86. The molecule has 0 heterocycles. The average Bonchev–Trinajstić information content (AvgIpc) is 3.13. The molecule has 3 unspecified atom stereocenters. The summed E-state index contributed by atoms with van der Waals surface area (Å²) in [5, 5.41) is 3.05. The fraction of sp³-hybridized carbons (Fsp3) is 0.524. The van der Waals surface area contributed by atoms with E-state index >= 15 is 0 Å². The molecule has 0 spiro atoms. The Balaban J connectivity index is 2.17. The Morgan fingerprint density at radius 1 is 1.19 bits per heavy atom. The number of allylic oxidation sites excluding steroid dienone is 2. The predicted octanol–water partition coefficient (Wildman–Crippen LogP) is 3.65. The quantitative estimate of drug-likeness (QED) is 0.596. The summed E-state index contributed by atoms with van der Waals surface area (Å²) in [7, 11) is 2.95. The maximum Gasteiger partial charge on any atom is 0.307 e. The smallest absolute Gasteiger partial charge is 0.307 e. The van der Waals surface area contributed by atoms with Crippen LogP contribution >= 0.6 is 0 Å². The van der Waals surface area contributed by atoms with Gasteiger partial charge < -0.3 is 14.8 Å². The first kappa shape index (κ1) is 20.0. The maximum absolute atomic E-state index is 12.9. The molecule has 1 aromatic carbocycles. The van der Waals surface area contributed by atoms with Crippen molar-refractivity contribution in [1.82, 2.24) is 5.32 Å². The summed E-state index contributed by atoms with van der Waals surface area (Å²) in [5.74, 6) is 0.478. The number of esters is 1. The highest BCUT2D eigenvalue weighted by atomic mass is 16.5. The number of hydrogen-bond donors (Lipinski definition) is 1. The third-order valence-corrected chi connectivity index (χ3v) is 5.14. The third-order valence-electron chi connectivity index (χ3n) is 5.14. The van der Waals surface area contributed by atoms with Crippen LogP contribution in [0.3, 0.4) is 0 Å². The van der Waals surface area contributed by atoms with Crippen molar-refractivity contribution >= 4 is 11.9 Å². The highest BCUT2D eigenvalue weighted by Gasteiger charge is 2.60. The molecule has 142 valence electrons. The van der Waals surface area contributed by atoms with Crippen LogP contribution in [0.5, 0.6) is 5.75 Å². The number of rotatable bonds is 7. The fourth-order valence-corrected chi connectivity index (χ4v) is 3.45. The number of carbonyl (C=O) groups is 2. The zero-order chi connectivity index (χ0) is 19.5. The molecule has 5 heteroatoms. The normalized spacial score (nSPS) is 21.3. The van der Waals surface area contributed by atoms with Gasteiger partial charge in [-0.15, -0.1) is 0 Å². The Hall–Kier alpha value is -2.30. The molecule has 1 N–H and O–H groups in total. The number of carbonyl (C=O) groups excluding carboxylic acids is 2. The van der Waals surface area contributed by atoms with Crippen molar-refractivity contribution in [1.29, 1.82) is 0 Å². The van der Waals surface area contributed by atoms with Gasteiger partial charge in [0.25, 0.3) is 0 Å². The topological polar surface area (TPSA) is 64.6 Å². The third kappa shape index (κ3) is 4.45. The molecule has 3 atom stereocenters. The minimum absolute atomic E-state index is 0.0257. The Morgan fingerprint density at radius 3 is 2.31 bits per heavy atom. The molecule has 0 saturated heterocycles. The van der Waals surface area contributed by atoms with Gasteiger partial charge in [0, 0.05) is 0 Å². The van der Waals surface area contributed by atoms with Gasteiger partial charge in [-0.3, -0.25) is 9.59 Å². The van der Waals surface area contributed by atoms with Crippen molar-refractivity contribution < 1.29 is 19.1 Å². The summed E-state index contributed by atoms with van der Waals surface area (Å²) in [6.07, 6.45) is 2.25. The number of amides is 1. The van der Waals surface area contributed by atoms with Gasteiger partial charge in [0.2, 0.25) is 5.91 Å². The largest absolute Gasteiger partial charge is 0.497 e. The monoisotopic (exact) mass is 359 g/mol. The van der Waals surface area contributed by atoms with Gasteiger partial charge in [0.05, 0.1) is 32.6 Å². The second kappa shape index (κ2) is 7.94. The first-order valence-corrected chi connectivity index (χ1v) is 8.86. The molecule has 1 aliphatic rings. The number of benzene rings is 1. The molecule has 5 nitrogen and oxygen atoms in total. The van der Waals surface area contributed by atoms with E-state index in [1.165, 1.54) is 12.7 Å². The zero-order valence-electron chi connectivity index (χ0n) is 16.5. The van der Waals surface area contributed by atoms with Crippen molar-refractivity contribution in [3.8, 4) is 5.75 Å². The lowest BCUT2D eigenvalue weighted by Gasteiger charge is -2.19. The highest BCUT2D eigenvalue weighted by molar-refractivity contribution is 5.84. The standard InChI is InChI=1S/C21H29NO4/c1-13(2)11-16-19(21(16,3)4)20(24)22-17(12-18(23)26-6)14-7-9-15(25-5)10-8-14/h7-11,16-17,19H,12H2,1-6H3,(H,22,24). The van der Waals surface area contributed by atoms with E-state index in [2.05, 4.69) is 25.2 Å². The van der Waals surface area contributed by atoms with Crippen molar-refractivity contribution in [2.24, 2.45) is 17.3 Å². The van der Waals surface area contributed by atoms with Gasteiger partial charge in [-0.2, -0.15) is 0 Å². The van der Waals surface area contributed by atoms with Crippen LogP contribution in [0.25, 0.3) is 0 Å². The summed E-state index contributed by atoms with van der Waals surface area (Å²) >= 11 is 0. The van der Waals surface area contributed by atoms with E-state index < -0.39 is 6.04 Å². The molecule has 1 aromatic rings. The van der Waals surface area contributed by atoms with E-state index in [1.807, 2.05) is 38.1 Å². The number of methoxy groups -OCH3 is 2. The van der Waals surface area contributed by atoms with Crippen molar-refractivity contribution in [3.63, 3.8) is 0 Å². The van der Waals surface area contributed by atoms with Crippen LogP contribution in [-0.4, -0.2) is 26.1 Å². The van der Waals surface area contributed by atoms with Gasteiger partial charge in [-0.1, -0.05) is 37.6 Å². The van der Waals surface area contributed by atoms with Gasteiger partial charge in [0.1, 0.15) is 5.75 Å². The highest BCUT2D eigenvalue weighted by Crippen LogP contribution is 2.59. The lowest BCUT2D eigenvalue weighted by atomic mass is 10.0. The molecular formula is C21H29NO4. The van der Waals surface area contributed by atoms with Crippen molar-refractivity contribution in [2.75, 3.05) is 14.2 Å². The maximum atomic E-state index is 12.9. The average molecular weight is 359 g/mol. The summed E-state index contributed by atoms with van der Waals surface area (Å²) in [4.78, 5) is 24.7. The van der Waals surface area contributed by atoms with Crippen LogP contribution in [0, 0.1) is 17.3 Å². The van der Waals surface area contributed by atoms with Crippen molar-refractivity contribution in [2.45, 2.75) is 40.2 Å². The number of ether oxygens (including phenoxy) is 2. The molecule has 0 aliphatic heterocycles. The minimum Gasteiger partial charge on any atom is -0.497 e. The van der Waals surface area contributed by atoms with Crippen molar-refractivity contribution in [3.05, 3.63) is 41.5 Å². The molecular weight excluding hydrogens is 330 g/mol. The van der Waals surface area contributed by atoms with E-state index in [0.29, 0.717) is 0 Å². The second-order valence-electron chi connectivity index (χ2n) is 7.68. The minimum atomic E-state index is -0.426. The summed E-state index contributed by atoms with van der Waals surface area (Å²) in [6.45, 7) is 8.29. The molecule has 1 fully saturated rings. The summed E-state index contributed by atoms with van der Waals surface area (Å²) in [5.41, 5.74) is 1.98. The Kier molecular flexibility index (Phi) is 6.11. The first-order chi connectivity index (χ1) is 12.2. The van der Waals surface area contributed by atoms with Crippen LogP contribution in [0.2, 0.25) is 0 Å². The Morgan fingerprint density at radius 2 is 1.81 bits per heavy atom. The fourth-order valence-electron chi connectivity index (χ4n) is 3.45. The van der Waals surface area contributed by atoms with E-state index in [-0.39, 0.29) is 35.5 Å². The molecule has 0 radical (unpaired) electrons. The van der Waals surface area contributed by atoms with E-state index in [1.54, 1.807) is 7.11 Å². The lowest BCUT2D eigenvalue weighted by molar-refractivity contribution is -0.141. The van der Waals surface area contributed by atoms with Crippen LogP contribution in [0.4, 0.5) is 0 Å². The Bertz CT molecular complexity index is 686. The molecule has 0 aromatic heterocycles. The molecule has 1 amide bonds. The SMILES string of the molecule is COC(=O)CC(NC(=O)C1C(C=C(C)C)C1(C)C)c1ccc(OC)cc1. The molecule has 0 bridgehead atoms. The van der Waals surface area contributed by atoms with E-state index in [4.69, 9.17) is 9.47 Å². The molecule has 1 saturated carbocycles. The number of hydrogen-bond acceptors (Lipinski definition) is 4. The van der Waals surface area contributed by atoms with Gasteiger partial charge >= 0.3 is 5.97 Å². The molecule has 1 aliphatic carbocycles. The summed E-state index contributed by atoms with van der Waals surface area (Å²) < 4.78 is 9.97.